The Labute approximate surface area is 201 Å². The summed E-state index contributed by atoms with van der Waals surface area (Å²) in [4.78, 5) is 17.6. The van der Waals surface area contributed by atoms with Gasteiger partial charge >= 0.3 is 5.97 Å². The highest BCUT2D eigenvalue weighted by Gasteiger charge is 2.38. The van der Waals surface area contributed by atoms with Crippen LogP contribution in [0.25, 0.3) is 0 Å². The van der Waals surface area contributed by atoms with Crippen LogP contribution in [-0.2, 0) is 14.3 Å². The van der Waals surface area contributed by atoms with Crippen LogP contribution >= 0.6 is 11.8 Å². The number of hydrogen-bond acceptors (Lipinski definition) is 8. The first-order valence-corrected chi connectivity index (χ1v) is 11.5. The Morgan fingerprint density at radius 3 is 2.62 bits per heavy atom. The number of ether oxygens (including phenoxy) is 2. The lowest BCUT2D eigenvalue weighted by molar-refractivity contribution is -0.139. The number of carbonyl (C=O) groups excluding carboxylic acids is 1. The summed E-state index contributed by atoms with van der Waals surface area (Å²) in [6.45, 7) is 7.36. The number of halogens is 1. The molecule has 174 valence electrons. The Morgan fingerprint density at radius 2 is 2.00 bits per heavy atom. The topological polar surface area (TPSA) is 122 Å². The number of benzene rings is 1. The van der Waals surface area contributed by atoms with E-state index >= 15 is 0 Å². The number of allylic oxidation sites excluding steroid dienone is 1. The second-order valence-corrected chi connectivity index (χ2v) is 8.53. The summed E-state index contributed by atoms with van der Waals surface area (Å²) in [6, 6.07) is 9.78. The van der Waals surface area contributed by atoms with Crippen molar-refractivity contribution < 1.29 is 18.7 Å². The maximum Gasteiger partial charge on any atom is 0.338 e. The van der Waals surface area contributed by atoms with Crippen molar-refractivity contribution in [3.05, 3.63) is 80.8 Å². The average molecular weight is 479 g/mol. The van der Waals surface area contributed by atoms with Crippen molar-refractivity contribution in [1.29, 1.82) is 10.5 Å². The monoisotopic (exact) mass is 478 g/mol. The third kappa shape index (κ3) is 4.75. The molecule has 0 saturated heterocycles. The maximum atomic E-state index is 14.0. The van der Waals surface area contributed by atoms with Crippen molar-refractivity contribution in [2.24, 2.45) is 5.73 Å². The smallest absolute Gasteiger partial charge is 0.338 e. The first-order valence-electron chi connectivity index (χ1n) is 10.5. The summed E-state index contributed by atoms with van der Waals surface area (Å²) in [7, 11) is 0. The molecule has 1 aliphatic rings. The van der Waals surface area contributed by atoms with Gasteiger partial charge in [-0.2, -0.15) is 10.5 Å². The molecule has 3 rings (SSSR count). The number of aryl methyl sites for hydroxylation is 1. The summed E-state index contributed by atoms with van der Waals surface area (Å²) in [5.74, 6) is -2.11. The van der Waals surface area contributed by atoms with Gasteiger partial charge in [-0.05, 0) is 56.5 Å². The first-order chi connectivity index (χ1) is 16.2. The van der Waals surface area contributed by atoms with Gasteiger partial charge in [-0.1, -0.05) is 23.9 Å². The summed E-state index contributed by atoms with van der Waals surface area (Å²) < 4.78 is 25.0. The third-order valence-corrected chi connectivity index (χ3v) is 6.56. The fraction of sp³-hybridized carbons (Fsp3) is 0.280. The summed E-state index contributed by atoms with van der Waals surface area (Å²) in [5, 5.41) is 19.9. The molecule has 0 bridgehead atoms. The number of carbonyl (C=O) groups is 1. The van der Waals surface area contributed by atoms with Crippen LogP contribution in [0.1, 0.15) is 40.8 Å². The molecule has 0 amide bonds. The highest BCUT2D eigenvalue weighted by atomic mass is 32.2. The molecule has 0 spiro atoms. The average Bonchev–Trinajstić information content (AvgIpc) is 2.80. The lowest BCUT2D eigenvalue weighted by Crippen LogP contribution is -2.27. The Hall–Kier alpha value is -3.82. The van der Waals surface area contributed by atoms with Crippen molar-refractivity contribution in [1.82, 2.24) is 4.98 Å². The van der Waals surface area contributed by atoms with Gasteiger partial charge in [0, 0.05) is 5.69 Å². The second-order valence-electron chi connectivity index (χ2n) is 7.56. The fourth-order valence-electron chi connectivity index (χ4n) is 3.66. The maximum absolute atomic E-state index is 14.0. The van der Waals surface area contributed by atoms with Gasteiger partial charge in [-0.3, -0.25) is 0 Å². The Bertz CT molecular complexity index is 1300. The van der Waals surface area contributed by atoms with Crippen molar-refractivity contribution >= 4 is 17.7 Å². The number of rotatable bonds is 6. The molecule has 34 heavy (non-hydrogen) atoms. The molecule has 1 aliphatic heterocycles. The normalized spacial score (nSPS) is 15.4. The molecule has 0 radical (unpaired) electrons. The Morgan fingerprint density at radius 1 is 1.26 bits per heavy atom. The fourth-order valence-corrected chi connectivity index (χ4v) is 4.69. The van der Waals surface area contributed by atoms with Gasteiger partial charge in [0.05, 0.1) is 29.4 Å². The molecular formula is C25H23FN4O3S. The van der Waals surface area contributed by atoms with E-state index in [9.17, 15) is 19.7 Å². The van der Waals surface area contributed by atoms with Gasteiger partial charge < -0.3 is 15.2 Å². The van der Waals surface area contributed by atoms with Crippen LogP contribution in [0.3, 0.4) is 0 Å². The molecule has 7 nitrogen and oxygen atoms in total. The number of nitrogens with zero attached hydrogens (tertiary/aromatic N) is 3. The number of hydrogen-bond donors (Lipinski definition) is 1. The zero-order valence-corrected chi connectivity index (χ0v) is 20.0. The Balaban J connectivity index is 2.13. The molecule has 1 atom stereocenters. The van der Waals surface area contributed by atoms with Gasteiger partial charge in [-0.25, -0.2) is 14.2 Å². The molecule has 1 unspecified atom stereocenters. The zero-order chi connectivity index (χ0) is 25.0. The highest BCUT2D eigenvalue weighted by molar-refractivity contribution is 7.99. The number of aromatic nitrogens is 1. The lowest BCUT2D eigenvalue weighted by atomic mass is 9.83. The molecule has 9 heteroatoms. The SMILES string of the molecule is CCOC(=O)C1=C(CSc2nc(C)c(C)c(C)c2C#N)OC(N)=C(C#N)C1c1cccc(F)c1. The highest BCUT2D eigenvalue weighted by Crippen LogP contribution is 2.41. The van der Waals surface area contributed by atoms with Crippen LogP contribution < -0.4 is 5.73 Å². The van der Waals surface area contributed by atoms with Crippen molar-refractivity contribution in [3.63, 3.8) is 0 Å². The largest absolute Gasteiger partial charge is 0.463 e. The van der Waals surface area contributed by atoms with Crippen LogP contribution in [0, 0.1) is 49.3 Å². The van der Waals surface area contributed by atoms with Crippen LogP contribution in [0.4, 0.5) is 4.39 Å². The van der Waals surface area contributed by atoms with Crippen LogP contribution in [0.2, 0.25) is 0 Å². The molecule has 2 heterocycles. The van der Waals surface area contributed by atoms with Crippen molar-refractivity contribution in [3.8, 4) is 12.1 Å². The quantitative estimate of drug-likeness (QED) is 0.478. The number of thioether (sulfide) groups is 1. The van der Waals surface area contributed by atoms with E-state index in [1.165, 1.54) is 30.0 Å². The minimum atomic E-state index is -0.964. The molecule has 1 aromatic heterocycles. The predicted molar refractivity (Wildman–Crippen MR) is 125 cm³/mol. The van der Waals surface area contributed by atoms with Gasteiger partial charge in [-0.15, -0.1) is 0 Å². The first kappa shape index (κ1) is 24.8. The Kier molecular flexibility index (Phi) is 7.60. The van der Waals surface area contributed by atoms with Crippen LogP contribution in [0.5, 0.6) is 0 Å². The number of nitrogens with two attached hydrogens (primary N) is 1. The van der Waals surface area contributed by atoms with Gasteiger partial charge in [0.15, 0.2) is 0 Å². The molecule has 0 aliphatic carbocycles. The molecule has 0 saturated carbocycles. The minimum absolute atomic E-state index is 0.0136. The van der Waals surface area contributed by atoms with E-state index in [2.05, 4.69) is 11.1 Å². The van der Waals surface area contributed by atoms with Crippen LogP contribution in [0.15, 0.2) is 52.1 Å². The van der Waals surface area contributed by atoms with E-state index in [0.29, 0.717) is 16.2 Å². The third-order valence-electron chi connectivity index (χ3n) is 5.59. The summed E-state index contributed by atoms with van der Waals surface area (Å²) in [6.07, 6.45) is 0. The molecule has 2 aromatic rings. The van der Waals surface area contributed by atoms with E-state index in [1.807, 2.05) is 26.8 Å². The van der Waals surface area contributed by atoms with Crippen molar-refractivity contribution in [2.75, 3.05) is 12.4 Å². The zero-order valence-electron chi connectivity index (χ0n) is 19.2. The van der Waals surface area contributed by atoms with E-state index in [4.69, 9.17) is 15.2 Å². The standard InChI is InChI=1S/C25H23FN4O3S/c1-5-32-25(31)22-20(12-34-24-18(10-27)14(3)13(2)15(4)30-24)33-23(29)19(11-28)21(22)16-7-6-8-17(26)9-16/h6-9,21H,5,12,29H2,1-4H3. The second kappa shape index (κ2) is 10.4. The molecule has 0 fully saturated rings. The molecule has 1 aromatic carbocycles. The van der Waals surface area contributed by atoms with Crippen LogP contribution in [-0.4, -0.2) is 23.3 Å². The molecule has 2 N–H and O–H groups in total. The number of pyridine rings is 1. The predicted octanol–water partition coefficient (Wildman–Crippen LogP) is 4.43. The van der Waals surface area contributed by atoms with E-state index in [-0.39, 0.29) is 35.1 Å². The number of nitriles is 2. The van der Waals surface area contributed by atoms with E-state index in [0.717, 1.165) is 16.8 Å². The number of esters is 1. The van der Waals surface area contributed by atoms with Crippen molar-refractivity contribution in [2.45, 2.75) is 38.6 Å². The van der Waals surface area contributed by atoms with Gasteiger partial charge in [0.1, 0.15) is 34.3 Å². The summed E-state index contributed by atoms with van der Waals surface area (Å²) >= 11 is 1.21. The lowest BCUT2D eigenvalue weighted by Gasteiger charge is -2.28. The minimum Gasteiger partial charge on any atom is -0.463 e. The van der Waals surface area contributed by atoms with Gasteiger partial charge in [0.2, 0.25) is 5.88 Å². The van der Waals surface area contributed by atoms with Gasteiger partial charge in [0.25, 0.3) is 0 Å². The molecular weight excluding hydrogens is 455 g/mol. The summed E-state index contributed by atoms with van der Waals surface area (Å²) in [5.41, 5.74) is 9.44. The van der Waals surface area contributed by atoms with E-state index < -0.39 is 17.7 Å². The van der Waals surface area contributed by atoms with E-state index in [1.54, 1.807) is 13.0 Å².